The first-order chi connectivity index (χ1) is 20.0. The lowest BCUT2D eigenvalue weighted by molar-refractivity contribution is -0.140. The minimum absolute atomic E-state index is 0.00876. The van der Waals surface area contributed by atoms with Gasteiger partial charge in [0.05, 0.1) is 24.8 Å². The maximum Gasteiger partial charge on any atom is 0.264 e. The van der Waals surface area contributed by atoms with Gasteiger partial charge in [-0.3, -0.25) is 13.9 Å². The highest BCUT2D eigenvalue weighted by Gasteiger charge is 2.35. The number of hydrogen-bond donors (Lipinski definition) is 1. The van der Waals surface area contributed by atoms with Gasteiger partial charge < -0.3 is 19.7 Å². The predicted molar refractivity (Wildman–Crippen MR) is 164 cm³/mol. The quantitative estimate of drug-likeness (QED) is 0.283. The van der Waals surface area contributed by atoms with Gasteiger partial charge in [-0.2, -0.15) is 0 Å². The lowest BCUT2D eigenvalue weighted by Crippen LogP contribution is -2.53. The molecule has 0 spiro atoms. The van der Waals surface area contributed by atoms with E-state index in [0.29, 0.717) is 12.2 Å². The Hall–Kier alpha value is -4.05. The van der Waals surface area contributed by atoms with Crippen LogP contribution < -0.4 is 19.1 Å². The van der Waals surface area contributed by atoms with Gasteiger partial charge in [-0.25, -0.2) is 8.42 Å². The summed E-state index contributed by atoms with van der Waals surface area (Å²) in [5, 5.41) is 2.99. The van der Waals surface area contributed by atoms with E-state index in [2.05, 4.69) is 5.32 Å². The van der Waals surface area contributed by atoms with Gasteiger partial charge >= 0.3 is 0 Å². The second-order valence-electron chi connectivity index (χ2n) is 10.1. The molecule has 9 nitrogen and oxygen atoms in total. The lowest BCUT2D eigenvalue weighted by Gasteiger charge is -2.34. The molecular weight excluding hydrogens is 554 g/mol. The first kappa shape index (κ1) is 32.5. The molecule has 0 radical (unpaired) electrons. The van der Waals surface area contributed by atoms with Crippen LogP contribution >= 0.6 is 0 Å². The van der Waals surface area contributed by atoms with Crippen molar-refractivity contribution in [2.75, 3.05) is 25.1 Å². The number of aryl methyl sites for hydroxylation is 1. The van der Waals surface area contributed by atoms with Crippen molar-refractivity contribution >= 4 is 27.5 Å². The number of methoxy groups -OCH3 is 2. The number of sulfonamides is 1. The molecule has 3 rings (SSSR count). The number of carbonyl (C=O) groups excluding carboxylic acids is 2. The SMILES string of the molecule is CC[C@@H](C)NC(=O)[C@@H](CC)N(Cc1cccc(C)c1)C(=O)CN(c1cc(OC)ccc1OC)S(=O)(=O)c1ccccc1. The Kier molecular flexibility index (Phi) is 11.4. The Morgan fingerprint density at radius 2 is 1.62 bits per heavy atom. The molecule has 2 amide bonds. The zero-order valence-electron chi connectivity index (χ0n) is 25.2. The first-order valence-electron chi connectivity index (χ1n) is 14.0. The fourth-order valence-electron chi connectivity index (χ4n) is 4.59. The van der Waals surface area contributed by atoms with Crippen LogP contribution in [0.5, 0.6) is 11.5 Å². The largest absolute Gasteiger partial charge is 0.497 e. The summed E-state index contributed by atoms with van der Waals surface area (Å²) in [6, 6.07) is 19.4. The Balaban J connectivity index is 2.14. The summed E-state index contributed by atoms with van der Waals surface area (Å²) >= 11 is 0. The van der Waals surface area contributed by atoms with Crippen LogP contribution in [0.3, 0.4) is 0 Å². The first-order valence-corrected chi connectivity index (χ1v) is 15.4. The van der Waals surface area contributed by atoms with Crippen LogP contribution in [0, 0.1) is 6.92 Å². The summed E-state index contributed by atoms with van der Waals surface area (Å²) in [7, 11) is -1.35. The molecule has 42 heavy (non-hydrogen) atoms. The standard InChI is InChI=1S/C32H41N3O6S/c1-7-24(4)33-32(37)28(8-2)34(21-25-14-12-13-23(3)19-25)31(36)22-35(42(38,39)27-15-10-9-11-16-27)29-20-26(40-5)17-18-30(29)41-6/h9-20,24,28H,7-8,21-22H2,1-6H3,(H,33,37)/t24-,28-/m1/s1. The summed E-state index contributed by atoms with van der Waals surface area (Å²) in [6.07, 6.45) is 1.07. The minimum Gasteiger partial charge on any atom is -0.497 e. The fraction of sp³-hybridized carbons (Fsp3) is 0.375. The van der Waals surface area contributed by atoms with Gasteiger partial charge in [0.15, 0.2) is 0 Å². The molecule has 0 saturated carbocycles. The number of carbonyl (C=O) groups is 2. The van der Waals surface area contributed by atoms with Crippen molar-refractivity contribution in [3.05, 3.63) is 83.9 Å². The molecule has 0 saturated heterocycles. The molecule has 10 heteroatoms. The molecule has 0 unspecified atom stereocenters. The summed E-state index contributed by atoms with van der Waals surface area (Å²) in [4.78, 5) is 29.2. The average molecular weight is 596 g/mol. The molecule has 3 aromatic rings. The Morgan fingerprint density at radius 1 is 0.905 bits per heavy atom. The van der Waals surface area contributed by atoms with Crippen molar-refractivity contribution in [2.45, 2.75) is 64.1 Å². The van der Waals surface area contributed by atoms with Crippen LogP contribution in [0.1, 0.15) is 44.7 Å². The van der Waals surface area contributed by atoms with Crippen LogP contribution in [0.15, 0.2) is 77.7 Å². The topological polar surface area (TPSA) is 105 Å². The van der Waals surface area contributed by atoms with Gasteiger partial charge in [0, 0.05) is 18.7 Å². The van der Waals surface area contributed by atoms with Crippen LogP contribution in [0.25, 0.3) is 0 Å². The van der Waals surface area contributed by atoms with Gasteiger partial charge in [-0.1, -0.05) is 61.9 Å². The predicted octanol–water partition coefficient (Wildman–Crippen LogP) is 4.93. The average Bonchev–Trinajstić information content (AvgIpc) is 2.99. The molecule has 0 aliphatic carbocycles. The van der Waals surface area contributed by atoms with Crippen molar-refractivity contribution in [1.82, 2.24) is 10.2 Å². The molecule has 0 aliphatic rings. The third-order valence-electron chi connectivity index (χ3n) is 7.09. The van der Waals surface area contributed by atoms with E-state index in [4.69, 9.17) is 9.47 Å². The van der Waals surface area contributed by atoms with Gasteiger partial charge in [0.2, 0.25) is 11.8 Å². The number of rotatable bonds is 14. The van der Waals surface area contributed by atoms with E-state index < -0.39 is 28.5 Å². The maximum absolute atomic E-state index is 14.3. The van der Waals surface area contributed by atoms with Gasteiger partial charge in [0.25, 0.3) is 10.0 Å². The normalized spacial score (nSPS) is 12.6. The number of benzene rings is 3. The smallest absolute Gasteiger partial charge is 0.264 e. The monoisotopic (exact) mass is 595 g/mol. The molecule has 1 N–H and O–H groups in total. The van der Waals surface area contributed by atoms with E-state index in [1.807, 2.05) is 52.0 Å². The Bertz CT molecular complexity index is 1460. The number of amides is 2. The van der Waals surface area contributed by atoms with Gasteiger partial charge in [-0.15, -0.1) is 0 Å². The zero-order valence-corrected chi connectivity index (χ0v) is 26.0. The molecule has 2 atom stereocenters. The second kappa shape index (κ2) is 14.7. The maximum atomic E-state index is 14.3. The molecule has 0 heterocycles. The van der Waals surface area contributed by atoms with E-state index in [9.17, 15) is 18.0 Å². The zero-order chi connectivity index (χ0) is 30.9. The highest BCUT2D eigenvalue weighted by Crippen LogP contribution is 2.36. The summed E-state index contributed by atoms with van der Waals surface area (Å²) in [5.74, 6) is -0.186. The van der Waals surface area contributed by atoms with Crippen LogP contribution in [0.4, 0.5) is 5.69 Å². The Morgan fingerprint density at radius 3 is 2.21 bits per heavy atom. The van der Waals surface area contributed by atoms with E-state index >= 15 is 0 Å². The highest BCUT2D eigenvalue weighted by molar-refractivity contribution is 7.92. The number of nitrogens with one attached hydrogen (secondary N) is 1. The molecule has 0 aliphatic heterocycles. The van der Waals surface area contributed by atoms with E-state index in [1.54, 1.807) is 30.3 Å². The third kappa shape index (κ3) is 7.82. The lowest BCUT2D eigenvalue weighted by atomic mass is 10.1. The third-order valence-corrected chi connectivity index (χ3v) is 8.86. The van der Waals surface area contributed by atoms with Crippen molar-refractivity contribution in [2.24, 2.45) is 0 Å². The number of hydrogen-bond acceptors (Lipinski definition) is 6. The van der Waals surface area contributed by atoms with Crippen molar-refractivity contribution in [3.63, 3.8) is 0 Å². The fourth-order valence-corrected chi connectivity index (χ4v) is 6.03. The summed E-state index contributed by atoms with van der Waals surface area (Å²) in [6.45, 7) is 7.21. The van der Waals surface area contributed by atoms with Crippen LogP contribution in [-0.4, -0.2) is 58.0 Å². The van der Waals surface area contributed by atoms with Gasteiger partial charge in [0.1, 0.15) is 24.1 Å². The van der Waals surface area contributed by atoms with Crippen molar-refractivity contribution in [1.29, 1.82) is 0 Å². The van der Waals surface area contributed by atoms with Crippen LogP contribution in [-0.2, 0) is 26.2 Å². The molecule has 0 bridgehead atoms. The van der Waals surface area contributed by atoms with E-state index in [0.717, 1.165) is 21.9 Å². The highest BCUT2D eigenvalue weighted by atomic mass is 32.2. The van der Waals surface area contributed by atoms with Crippen molar-refractivity contribution in [3.8, 4) is 11.5 Å². The number of nitrogens with zero attached hydrogens (tertiary/aromatic N) is 2. The minimum atomic E-state index is -4.25. The summed E-state index contributed by atoms with van der Waals surface area (Å²) in [5.41, 5.74) is 1.97. The summed E-state index contributed by atoms with van der Waals surface area (Å²) < 4.78 is 40.1. The molecule has 0 aromatic heterocycles. The van der Waals surface area contributed by atoms with Crippen LogP contribution in [0.2, 0.25) is 0 Å². The Labute approximate surface area is 249 Å². The number of ether oxygens (including phenoxy) is 2. The molecule has 226 valence electrons. The van der Waals surface area contributed by atoms with Crippen molar-refractivity contribution < 1.29 is 27.5 Å². The number of anilines is 1. The molecule has 0 fully saturated rings. The van der Waals surface area contributed by atoms with E-state index in [-0.39, 0.29) is 34.8 Å². The molecule has 3 aromatic carbocycles. The second-order valence-corrected chi connectivity index (χ2v) is 12.0. The van der Waals surface area contributed by atoms with E-state index in [1.165, 1.54) is 37.3 Å². The molecular formula is C32H41N3O6S. The van der Waals surface area contributed by atoms with Gasteiger partial charge in [-0.05, 0) is 56.5 Å².